The van der Waals surface area contributed by atoms with Crippen molar-refractivity contribution in [3.05, 3.63) is 35.4 Å². The van der Waals surface area contributed by atoms with Gasteiger partial charge in [-0.3, -0.25) is 9.59 Å². The summed E-state index contributed by atoms with van der Waals surface area (Å²) in [4.78, 5) is 24.1. The second-order valence-electron chi connectivity index (χ2n) is 5.38. The lowest BCUT2D eigenvalue weighted by Gasteiger charge is -2.26. The molecule has 2 aliphatic rings. The predicted octanol–water partition coefficient (Wildman–Crippen LogP) is 1.40. The van der Waals surface area contributed by atoms with Gasteiger partial charge in [-0.05, 0) is 24.5 Å². The average molecular weight is 258 g/mol. The number of carbonyl (C=O) groups is 2. The molecule has 1 aliphatic carbocycles. The lowest BCUT2D eigenvalue weighted by molar-refractivity contribution is -0.123. The highest BCUT2D eigenvalue weighted by molar-refractivity contribution is 6.00. The molecule has 1 aliphatic heterocycles. The molecular weight excluding hydrogens is 240 g/mol. The van der Waals surface area contributed by atoms with Crippen molar-refractivity contribution < 1.29 is 9.59 Å². The van der Waals surface area contributed by atoms with Crippen molar-refractivity contribution in [1.82, 2.24) is 10.6 Å². The molecule has 0 bridgehead atoms. The highest BCUT2D eigenvalue weighted by Crippen LogP contribution is 2.19. The summed E-state index contributed by atoms with van der Waals surface area (Å²) < 4.78 is 0. The Morgan fingerprint density at radius 1 is 1.21 bits per heavy atom. The van der Waals surface area contributed by atoms with Gasteiger partial charge in [0.05, 0.1) is 0 Å². The van der Waals surface area contributed by atoms with Gasteiger partial charge in [-0.25, -0.2) is 0 Å². The van der Waals surface area contributed by atoms with Gasteiger partial charge >= 0.3 is 0 Å². The zero-order valence-corrected chi connectivity index (χ0v) is 10.8. The molecule has 1 heterocycles. The van der Waals surface area contributed by atoms with Crippen molar-refractivity contribution in [3.8, 4) is 0 Å². The molecule has 4 nitrogen and oxygen atoms in total. The fourth-order valence-corrected chi connectivity index (χ4v) is 2.96. The first-order valence-electron chi connectivity index (χ1n) is 6.93. The normalized spacial score (nSPS) is 22.7. The third-order valence-corrected chi connectivity index (χ3v) is 4.01. The minimum atomic E-state index is -0.428. The summed E-state index contributed by atoms with van der Waals surface area (Å²) in [7, 11) is 0. The van der Waals surface area contributed by atoms with E-state index in [2.05, 4.69) is 10.6 Å². The number of carbonyl (C=O) groups excluding carboxylic acids is 2. The molecule has 100 valence electrons. The topological polar surface area (TPSA) is 58.2 Å². The number of hydrogen-bond acceptors (Lipinski definition) is 2. The van der Waals surface area contributed by atoms with Gasteiger partial charge in [0.1, 0.15) is 6.04 Å². The van der Waals surface area contributed by atoms with Crippen LogP contribution in [0.5, 0.6) is 0 Å². The Bertz CT molecular complexity index is 507. The van der Waals surface area contributed by atoms with E-state index in [-0.39, 0.29) is 11.8 Å². The Morgan fingerprint density at radius 3 is 2.74 bits per heavy atom. The number of rotatable bonds is 2. The molecule has 4 heteroatoms. The van der Waals surface area contributed by atoms with Crippen molar-refractivity contribution in [1.29, 1.82) is 0 Å². The summed E-state index contributed by atoms with van der Waals surface area (Å²) >= 11 is 0. The van der Waals surface area contributed by atoms with E-state index in [4.69, 9.17) is 0 Å². The third kappa shape index (κ3) is 2.48. The Balaban J connectivity index is 1.70. The molecule has 1 unspecified atom stereocenters. The van der Waals surface area contributed by atoms with Crippen molar-refractivity contribution >= 4 is 11.8 Å². The van der Waals surface area contributed by atoms with Gasteiger partial charge in [-0.15, -0.1) is 0 Å². The molecule has 0 saturated heterocycles. The molecule has 2 amide bonds. The van der Waals surface area contributed by atoms with Gasteiger partial charge in [-0.2, -0.15) is 0 Å². The number of fused-ring (bicyclic) bond motifs is 1. The van der Waals surface area contributed by atoms with Gasteiger partial charge in [0, 0.05) is 18.0 Å². The molecule has 2 N–H and O–H groups in total. The first kappa shape index (κ1) is 12.2. The first-order chi connectivity index (χ1) is 9.24. The van der Waals surface area contributed by atoms with Crippen molar-refractivity contribution in [2.45, 2.75) is 44.2 Å². The van der Waals surface area contributed by atoms with Crippen LogP contribution in [0.3, 0.4) is 0 Å². The van der Waals surface area contributed by atoms with Crippen LogP contribution < -0.4 is 10.6 Å². The van der Waals surface area contributed by atoms with Crippen LogP contribution in [0.15, 0.2) is 24.3 Å². The molecule has 1 aromatic carbocycles. The summed E-state index contributed by atoms with van der Waals surface area (Å²) in [6.07, 6.45) is 5.07. The van der Waals surface area contributed by atoms with Crippen LogP contribution in [0, 0.1) is 0 Å². The van der Waals surface area contributed by atoms with E-state index in [1.807, 2.05) is 18.2 Å². The maximum Gasteiger partial charge on any atom is 0.252 e. The number of amides is 2. The molecule has 3 rings (SSSR count). The van der Waals surface area contributed by atoms with E-state index in [0.717, 1.165) is 18.4 Å². The monoisotopic (exact) mass is 258 g/mol. The summed E-state index contributed by atoms with van der Waals surface area (Å²) in [6.45, 7) is 0. The third-order valence-electron chi connectivity index (χ3n) is 4.01. The quantitative estimate of drug-likeness (QED) is 0.842. The fraction of sp³-hybridized carbons (Fsp3) is 0.467. The lowest BCUT2D eigenvalue weighted by atomic mass is 9.94. The van der Waals surface area contributed by atoms with E-state index >= 15 is 0 Å². The molecule has 0 spiro atoms. The molecule has 19 heavy (non-hydrogen) atoms. The fourth-order valence-electron chi connectivity index (χ4n) is 2.96. The van der Waals surface area contributed by atoms with Gasteiger partial charge in [0.25, 0.3) is 5.91 Å². The van der Waals surface area contributed by atoms with Crippen LogP contribution in [-0.4, -0.2) is 23.9 Å². The second kappa shape index (κ2) is 5.03. The highest BCUT2D eigenvalue weighted by atomic mass is 16.2. The van der Waals surface area contributed by atoms with Crippen LogP contribution in [-0.2, 0) is 11.2 Å². The molecule has 1 fully saturated rings. The highest BCUT2D eigenvalue weighted by Gasteiger charge is 2.30. The van der Waals surface area contributed by atoms with E-state index < -0.39 is 6.04 Å². The van der Waals surface area contributed by atoms with E-state index in [0.29, 0.717) is 18.0 Å². The molecular formula is C15H18N2O2. The second-order valence-corrected chi connectivity index (χ2v) is 5.38. The minimum Gasteiger partial charge on any atom is -0.352 e. The summed E-state index contributed by atoms with van der Waals surface area (Å²) in [5, 5.41) is 5.84. The van der Waals surface area contributed by atoms with Crippen LogP contribution in [0.2, 0.25) is 0 Å². The zero-order chi connectivity index (χ0) is 13.2. The van der Waals surface area contributed by atoms with Gasteiger partial charge in [0.2, 0.25) is 5.91 Å². The van der Waals surface area contributed by atoms with Crippen molar-refractivity contribution in [3.63, 3.8) is 0 Å². The number of nitrogens with one attached hydrogen (secondary N) is 2. The van der Waals surface area contributed by atoms with Gasteiger partial charge in [-0.1, -0.05) is 31.0 Å². The zero-order valence-electron chi connectivity index (χ0n) is 10.8. The van der Waals surface area contributed by atoms with Crippen LogP contribution in [0.4, 0.5) is 0 Å². The minimum absolute atomic E-state index is 0.0465. The van der Waals surface area contributed by atoms with Crippen LogP contribution in [0.1, 0.15) is 41.6 Å². The summed E-state index contributed by atoms with van der Waals surface area (Å²) in [5.41, 5.74) is 1.64. The number of hydrogen-bond donors (Lipinski definition) is 2. The average Bonchev–Trinajstić information content (AvgIpc) is 2.91. The van der Waals surface area contributed by atoms with E-state index in [1.165, 1.54) is 12.8 Å². The van der Waals surface area contributed by atoms with E-state index in [1.54, 1.807) is 6.07 Å². The lowest BCUT2D eigenvalue weighted by Crippen LogP contribution is -2.52. The number of benzene rings is 1. The Morgan fingerprint density at radius 2 is 1.95 bits per heavy atom. The van der Waals surface area contributed by atoms with Crippen molar-refractivity contribution in [2.75, 3.05) is 0 Å². The molecule has 1 saturated carbocycles. The molecule has 1 aromatic rings. The van der Waals surface area contributed by atoms with E-state index in [9.17, 15) is 9.59 Å². The maximum atomic E-state index is 12.2. The molecule has 0 radical (unpaired) electrons. The smallest absolute Gasteiger partial charge is 0.252 e. The Labute approximate surface area is 112 Å². The van der Waals surface area contributed by atoms with Crippen LogP contribution >= 0.6 is 0 Å². The standard InChI is InChI=1S/C15H18N2O2/c18-14-12-8-4-1-5-10(12)9-13(17-14)15(19)16-11-6-2-3-7-11/h1,4-5,8,11,13H,2-3,6-7,9H2,(H,16,19)(H,17,18). The summed E-state index contributed by atoms with van der Waals surface area (Å²) in [5.74, 6) is -0.192. The predicted molar refractivity (Wildman–Crippen MR) is 71.8 cm³/mol. The molecule has 0 aromatic heterocycles. The summed E-state index contributed by atoms with van der Waals surface area (Å²) in [6, 6.07) is 7.34. The Hall–Kier alpha value is -1.84. The van der Waals surface area contributed by atoms with Crippen LogP contribution in [0.25, 0.3) is 0 Å². The van der Waals surface area contributed by atoms with Gasteiger partial charge in [0.15, 0.2) is 0 Å². The Kier molecular flexibility index (Phi) is 3.23. The van der Waals surface area contributed by atoms with Gasteiger partial charge < -0.3 is 10.6 Å². The van der Waals surface area contributed by atoms with Crippen molar-refractivity contribution in [2.24, 2.45) is 0 Å². The maximum absolute atomic E-state index is 12.2. The first-order valence-corrected chi connectivity index (χ1v) is 6.93. The molecule has 1 atom stereocenters. The largest absolute Gasteiger partial charge is 0.352 e. The SMILES string of the molecule is O=C1NC(C(=O)NC2CCCC2)Cc2ccccc21.